The second-order valence-electron chi connectivity index (χ2n) is 5.25. The molecule has 0 aliphatic heterocycles. The number of nitriles is 1. The van der Waals surface area contributed by atoms with Crippen LogP contribution in [0.3, 0.4) is 0 Å². The Morgan fingerprint density at radius 2 is 2.26 bits per heavy atom. The lowest BCUT2D eigenvalue weighted by Gasteiger charge is -2.18. The van der Waals surface area contributed by atoms with Crippen LogP contribution in [0.5, 0.6) is 0 Å². The van der Waals surface area contributed by atoms with Gasteiger partial charge in [-0.15, -0.1) is 0 Å². The molecule has 1 unspecified atom stereocenters. The molecule has 1 atom stereocenters. The Labute approximate surface area is 114 Å². The SMILES string of the molecule is COCC(C)CNc1nc2c(cc1C#N)CCCC2. The molecule has 1 aromatic rings. The molecule has 0 saturated heterocycles. The van der Waals surface area contributed by atoms with Gasteiger partial charge in [0.2, 0.25) is 0 Å². The number of hydrogen-bond donors (Lipinski definition) is 1. The van der Waals surface area contributed by atoms with E-state index in [-0.39, 0.29) is 0 Å². The quantitative estimate of drug-likeness (QED) is 0.882. The maximum Gasteiger partial charge on any atom is 0.144 e. The first-order valence-electron chi connectivity index (χ1n) is 6.90. The van der Waals surface area contributed by atoms with Crippen molar-refractivity contribution in [2.45, 2.75) is 32.6 Å². The molecule has 2 rings (SSSR count). The van der Waals surface area contributed by atoms with Crippen LogP contribution in [0.4, 0.5) is 5.82 Å². The molecule has 1 aliphatic rings. The Kier molecular flexibility index (Phi) is 4.75. The molecule has 0 fully saturated rings. The van der Waals surface area contributed by atoms with Crippen LogP contribution in [0.2, 0.25) is 0 Å². The number of anilines is 1. The zero-order chi connectivity index (χ0) is 13.7. The van der Waals surface area contributed by atoms with Gasteiger partial charge < -0.3 is 10.1 Å². The highest BCUT2D eigenvalue weighted by molar-refractivity contribution is 5.54. The highest BCUT2D eigenvalue weighted by atomic mass is 16.5. The van der Waals surface area contributed by atoms with E-state index in [2.05, 4.69) is 23.3 Å². The zero-order valence-corrected chi connectivity index (χ0v) is 11.7. The molecule has 19 heavy (non-hydrogen) atoms. The van der Waals surface area contributed by atoms with Crippen LogP contribution in [0.15, 0.2) is 6.07 Å². The van der Waals surface area contributed by atoms with Gasteiger partial charge in [-0.2, -0.15) is 5.26 Å². The predicted octanol–water partition coefficient (Wildman–Crippen LogP) is 2.53. The summed E-state index contributed by atoms with van der Waals surface area (Å²) < 4.78 is 5.11. The third-order valence-electron chi connectivity index (χ3n) is 3.49. The summed E-state index contributed by atoms with van der Waals surface area (Å²) in [5, 5.41) is 12.5. The molecule has 0 amide bonds. The number of nitrogens with one attached hydrogen (secondary N) is 1. The summed E-state index contributed by atoms with van der Waals surface area (Å²) in [5.41, 5.74) is 3.07. The molecular formula is C15H21N3O. The van der Waals surface area contributed by atoms with Gasteiger partial charge in [-0.05, 0) is 43.2 Å². The second-order valence-corrected chi connectivity index (χ2v) is 5.25. The number of rotatable bonds is 5. The van der Waals surface area contributed by atoms with Crippen LogP contribution in [-0.2, 0) is 17.6 Å². The summed E-state index contributed by atoms with van der Waals surface area (Å²) in [5.74, 6) is 1.13. The molecule has 4 nitrogen and oxygen atoms in total. The highest BCUT2D eigenvalue weighted by Crippen LogP contribution is 2.24. The maximum absolute atomic E-state index is 9.23. The molecule has 0 bridgehead atoms. The molecule has 1 N–H and O–H groups in total. The molecule has 0 aromatic carbocycles. The number of pyridine rings is 1. The van der Waals surface area contributed by atoms with Gasteiger partial charge in [-0.25, -0.2) is 4.98 Å². The Hall–Kier alpha value is -1.60. The molecule has 102 valence electrons. The first-order valence-corrected chi connectivity index (χ1v) is 6.90. The normalized spacial score (nSPS) is 15.4. The van der Waals surface area contributed by atoms with Gasteiger partial charge in [0.1, 0.15) is 11.9 Å². The average Bonchev–Trinajstić information content (AvgIpc) is 2.44. The van der Waals surface area contributed by atoms with Crippen LogP contribution in [0.25, 0.3) is 0 Å². The van der Waals surface area contributed by atoms with E-state index >= 15 is 0 Å². The van der Waals surface area contributed by atoms with Crippen molar-refractivity contribution in [3.8, 4) is 6.07 Å². The minimum atomic E-state index is 0.398. The lowest BCUT2D eigenvalue weighted by molar-refractivity contribution is 0.164. The third-order valence-corrected chi connectivity index (χ3v) is 3.49. The van der Waals surface area contributed by atoms with Gasteiger partial charge in [0, 0.05) is 19.3 Å². The molecule has 0 saturated carbocycles. The van der Waals surface area contributed by atoms with Crippen molar-refractivity contribution >= 4 is 5.82 Å². The van der Waals surface area contributed by atoms with E-state index in [9.17, 15) is 5.26 Å². The summed E-state index contributed by atoms with van der Waals surface area (Å²) in [7, 11) is 1.70. The standard InChI is InChI=1S/C15H21N3O/c1-11(10-19-2)9-17-15-13(8-16)7-12-5-3-4-6-14(12)18-15/h7,11H,3-6,9-10H2,1-2H3,(H,17,18). The van der Waals surface area contributed by atoms with Crippen molar-refractivity contribution in [3.05, 3.63) is 22.9 Å². The fourth-order valence-corrected chi connectivity index (χ4v) is 2.47. The first kappa shape index (κ1) is 13.8. The molecule has 4 heteroatoms. The smallest absolute Gasteiger partial charge is 0.144 e. The topological polar surface area (TPSA) is 57.9 Å². The number of aromatic nitrogens is 1. The van der Waals surface area contributed by atoms with Gasteiger partial charge in [0.05, 0.1) is 12.2 Å². The second kappa shape index (κ2) is 6.53. The number of aryl methyl sites for hydroxylation is 2. The van der Waals surface area contributed by atoms with E-state index < -0.39 is 0 Å². The van der Waals surface area contributed by atoms with Crippen molar-refractivity contribution in [1.82, 2.24) is 4.98 Å². The summed E-state index contributed by atoms with van der Waals surface area (Å²) in [6.45, 7) is 3.59. The minimum Gasteiger partial charge on any atom is -0.384 e. The molecular weight excluding hydrogens is 238 g/mol. The zero-order valence-electron chi connectivity index (χ0n) is 11.7. The van der Waals surface area contributed by atoms with Gasteiger partial charge >= 0.3 is 0 Å². The summed E-state index contributed by atoms with van der Waals surface area (Å²) in [6.07, 6.45) is 4.49. The molecule has 1 heterocycles. The number of hydrogen-bond acceptors (Lipinski definition) is 4. The van der Waals surface area contributed by atoms with Crippen molar-refractivity contribution in [3.63, 3.8) is 0 Å². The van der Waals surface area contributed by atoms with Gasteiger partial charge in [-0.1, -0.05) is 6.92 Å². The largest absolute Gasteiger partial charge is 0.384 e. The lowest BCUT2D eigenvalue weighted by Crippen LogP contribution is -2.18. The minimum absolute atomic E-state index is 0.398. The van der Waals surface area contributed by atoms with Gasteiger partial charge in [0.15, 0.2) is 0 Å². The monoisotopic (exact) mass is 259 g/mol. The number of ether oxygens (including phenoxy) is 1. The van der Waals surface area contributed by atoms with Crippen molar-refractivity contribution in [1.29, 1.82) is 5.26 Å². The van der Waals surface area contributed by atoms with E-state index in [1.54, 1.807) is 7.11 Å². The summed E-state index contributed by atoms with van der Waals surface area (Å²) in [6, 6.07) is 4.25. The fourth-order valence-electron chi connectivity index (χ4n) is 2.47. The highest BCUT2D eigenvalue weighted by Gasteiger charge is 2.15. The van der Waals surface area contributed by atoms with Crippen LogP contribution >= 0.6 is 0 Å². The first-order chi connectivity index (χ1) is 9.24. The third kappa shape index (κ3) is 3.45. The van der Waals surface area contributed by atoms with Crippen molar-refractivity contribution < 1.29 is 4.74 Å². The lowest BCUT2D eigenvalue weighted by atomic mass is 9.95. The average molecular weight is 259 g/mol. The Morgan fingerprint density at radius 1 is 1.47 bits per heavy atom. The van der Waals surface area contributed by atoms with Crippen molar-refractivity contribution in [2.75, 3.05) is 25.6 Å². The number of nitrogens with zero attached hydrogens (tertiary/aromatic N) is 2. The Balaban J connectivity index is 2.13. The van der Waals surface area contributed by atoms with Gasteiger partial charge in [0.25, 0.3) is 0 Å². The van der Waals surface area contributed by atoms with Crippen LogP contribution in [0, 0.1) is 17.2 Å². The number of methoxy groups -OCH3 is 1. The number of fused-ring (bicyclic) bond motifs is 1. The predicted molar refractivity (Wildman–Crippen MR) is 75.1 cm³/mol. The van der Waals surface area contributed by atoms with Gasteiger partial charge in [-0.3, -0.25) is 0 Å². The maximum atomic E-state index is 9.23. The van der Waals surface area contributed by atoms with E-state index in [1.807, 2.05) is 6.07 Å². The molecule has 0 spiro atoms. The molecule has 1 aromatic heterocycles. The van der Waals surface area contributed by atoms with E-state index in [0.29, 0.717) is 18.1 Å². The van der Waals surface area contributed by atoms with E-state index in [0.717, 1.165) is 30.9 Å². The van der Waals surface area contributed by atoms with Crippen LogP contribution < -0.4 is 5.32 Å². The Morgan fingerprint density at radius 3 is 3.00 bits per heavy atom. The molecule has 1 aliphatic carbocycles. The van der Waals surface area contributed by atoms with E-state index in [4.69, 9.17) is 4.74 Å². The van der Waals surface area contributed by atoms with Crippen LogP contribution in [0.1, 0.15) is 36.6 Å². The van der Waals surface area contributed by atoms with E-state index in [1.165, 1.54) is 18.4 Å². The van der Waals surface area contributed by atoms with Crippen molar-refractivity contribution in [2.24, 2.45) is 5.92 Å². The summed E-state index contributed by atoms with van der Waals surface area (Å²) >= 11 is 0. The van der Waals surface area contributed by atoms with Crippen LogP contribution in [-0.4, -0.2) is 25.2 Å². The molecule has 0 radical (unpaired) electrons. The summed E-state index contributed by atoms with van der Waals surface area (Å²) in [4.78, 5) is 4.64. The fraction of sp³-hybridized carbons (Fsp3) is 0.600. The Bertz CT molecular complexity index is 479.